The second-order valence-electron chi connectivity index (χ2n) is 7.25. The normalized spacial score (nSPS) is 14.6. The summed E-state index contributed by atoms with van der Waals surface area (Å²) in [6, 6.07) is 9.50. The van der Waals surface area contributed by atoms with Gasteiger partial charge in [-0.05, 0) is 62.2 Å². The van der Waals surface area contributed by atoms with Crippen molar-refractivity contribution in [2.45, 2.75) is 26.3 Å². The van der Waals surface area contributed by atoms with Crippen LogP contribution in [0.15, 0.2) is 59.2 Å². The number of rotatable bonds is 3. The maximum atomic E-state index is 12.7. The summed E-state index contributed by atoms with van der Waals surface area (Å²) in [6.45, 7) is 3.71. The lowest BCUT2D eigenvalue weighted by Gasteiger charge is -2.08. The molecule has 0 unspecified atom stereocenters. The maximum Gasteiger partial charge on any atom is 0.255 e. The quantitative estimate of drug-likeness (QED) is 0.499. The number of nitrogens with one attached hydrogen (secondary N) is 2. The van der Waals surface area contributed by atoms with Crippen molar-refractivity contribution < 1.29 is 4.39 Å². The van der Waals surface area contributed by atoms with E-state index >= 15 is 0 Å². The van der Waals surface area contributed by atoms with Gasteiger partial charge in [-0.15, -0.1) is 0 Å². The molecule has 0 amide bonds. The van der Waals surface area contributed by atoms with Gasteiger partial charge in [0.05, 0.1) is 12.9 Å². The SMILES string of the molecule is C/C(N)=C/C=C(\N)c1ccn(-c2ccc3c4c([nH]c3c2)CCCNC4)c(=O)c1.CF. The van der Waals surface area contributed by atoms with Gasteiger partial charge < -0.3 is 21.8 Å². The topological polar surface area (TPSA) is 102 Å². The Morgan fingerprint density at radius 3 is 2.70 bits per heavy atom. The van der Waals surface area contributed by atoms with E-state index in [0.717, 1.165) is 37.1 Å². The molecule has 1 aliphatic heterocycles. The number of aryl methyl sites for hydroxylation is 1. The van der Waals surface area contributed by atoms with E-state index in [9.17, 15) is 9.18 Å². The fraction of sp³-hybridized carbons (Fsp3) is 0.261. The fourth-order valence-corrected chi connectivity index (χ4v) is 3.66. The predicted molar refractivity (Wildman–Crippen MR) is 121 cm³/mol. The van der Waals surface area contributed by atoms with Crippen molar-refractivity contribution in [1.82, 2.24) is 14.9 Å². The molecule has 0 bridgehead atoms. The first-order valence-electron chi connectivity index (χ1n) is 9.88. The third kappa shape index (κ3) is 4.46. The molecule has 7 heteroatoms. The van der Waals surface area contributed by atoms with Crippen LogP contribution in [0, 0.1) is 0 Å². The Labute approximate surface area is 175 Å². The smallest absolute Gasteiger partial charge is 0.255 e. The van der Waals surface area contributed by atoms with Gasteiger partial charge in [0.2, 0.25) is 0 Å². The van der Waals surface area contributed by atoms with E-state index in [0.29, 0.717) is 24.1 Å². The molecule has 0 saturated carbocycles. The first kappa shape index (κ1) is 21.4. The van der Waals surface area contributed by atoms with Crippen LogP contribution in [0.1, 0.15) is 30.2 Å². The number of hydrogen-bond donors (Lipinski definition) is 4. The first-order chi connectivity index (χ1) is 14.5. The molecule has 0 saturated heterocycles. The van der Waals surface area contributed by atoms with Gasteiger partial charge in [-0.25, -0.2) is 0 Å². The number of nitrogens with zero attached hydrogens (tertiary/aromatic N) is 1. The highest BCUT2D eigenvalue weighted by molar-refractivity contribution is 5.86. The summed E-state index contributed by atoms with van der Waals surface area (Å²) in [5.41, 5.74) is 17.9. The summed E-state index contributed by atoms with van der Waals surface area (Å²) in [5.74, 6) is 0. The molecule has 4 rings (SSSR count). The molecule has 6 nitrogen and oxygen atoms in total. The van der Waals surface area contributed by atoms with Gasteiger partial charge in [0.25, 0.3) is 5.56 Å². The van der Waals surface area contributed by atoms with Crippen LogP contribution in [0.3, 0.4) is 0 Å². The van der Waals surface area contributed by atoms with Crippen LogP contribution in [-0.2, 0) is 13.0 Å². The summed E-state index contributed by atoms with van der Waals surface area (Å²) < 4.78 is 11.1. The number of nitrogens with two attached hydrogens (primary N) is 2. The lowest BCUT2D eigenvalue weighted by atomic mass is 10.1. The Morgan fingerprint density at radius 2 is 1.97 bits per heavy atom. The van der Waals surface area contributed by atoms with E-state index in [1.807, 2.05) is 18.2 Å². The molecule has 3 heterocycles. The zero-order valence-corrected chi connectivity index (χ0v) is 17.3. The van der Waals surface area contributed by atoms with Gasteiger partial charge in [-0.2, -0.15) is 0 Å². The standard InChI is InChI=1S/C22H25N5O.CH3F/c1-14(23)4-7-19(24)15-8-10-27(22(28)11-15)16-5-6-17-18-13-25-9-2-3-20(18)26-21(17)12-16;1-2/h4-8,10-12,25-26H,2-3,9,13,23-24H2,1H3;1H3/b14-4-,19-7-;. The Kier molecular flexibility index (Phi) is 6.74. The van der Waals surface area contributed by atoms with Crippen molar-refractivity contribution in [3.8, 4) is 5.69 Å². The Balaban J connectivity index is 0.00000124. The molecule has 1 aromatic carbocycles. The number of aromatic nitrogens is 2. The van der Waals surface area contributed by atoms with E-state index in [1.165, 1.54) is 16.6 Å². The van der Waals surface area contributed by atoms with E-state index < -0.39 is 0 Å². The molecule has 0 fully saturated rings. The van der Waals surface area contributed by atoms with Gasteiger partial charge >= 0.3 is 0 Å². The number of hydrogen-bond acceptors (Lipinski definition) is 4. The number of allylic oxidation sites excluding steroid dienone is 3. The predicted octanol–water partition coefficient (Wildman–Crippen LogP) is 3.10. The van der Waals surface area contributed by atoms with Crippen molar-refractivity contribution in [3.63, 3.8) is 0 Å². The third-order valence-electron chi connectivity index (χ3n) is 5.12. The second-order valence-corrected chi connectivity index (χ2v) is 7.25. The summed E-state index contributed by atoms with van der Waals surface area (Å²) in [5, 5.41) is 4.68. The molecule has 158 valence electrons. The van der Waals surface area contributed by atoms with Gasteiger partial charge in [-0.1, -0.05) is 6.07 Å². The number of H-pyrrole nitrogens is 1. The molecule has 0 aliphatic carbocycles. The van der Waals surface area contributed by atoms with Gasteiger partial charge in [-0.3, -0.25) is 13.8 Å². The number of benzene rings is 1. The molecule has 0 atom stereocenters. The minimum atomic E-state index is -0.128. The molecule has 0 radical (unpaired) electrons. The molecular weight excluding hydrogens is 381 g/mol. The van der Waals surface area contributed by atoms with E-state index in [4.69, 9.17) is 11.5 Å². The molecule has 1 aliphatic rings. The largest absolute Gasteiger partial charge is 0.402 e. The van der Waals surface area contributed by atoms with Crippen LogP contribution in [-0.4, -0.2) is 23.3 Å². The molecule has 6 N–H and O–H groups in total. The van der Waals surface area contributed by atoms with Gasteiger partial charge in [0.15, 0.2) is 0 Å². The Bertz CT molecular complexity index is 1150. The average Bonchev–Trinajstić information content (AvgIpc) is 2.92. The lowest BCUT2D eigenvalue weighted by Crippen LogP contribution is -2.17. The van der Waals surface area contributed by atoms with Gasteiger partial charge in [0.1, 0.15) is 0 Å². The number of alkyl halides is 1. The molecule has 2 aromatic heterocycles. The van der Waals surface area contributed by atoms with E-state index in [1.54, 1.807) is 35.9 Å². The number of halogens is 1. The fourth-order valence-electron chi connectivity index (χ4n) is 3.66. The summed E-state index contributed by atoms with van der Waals surface area (Å²) in [6.07, 6.45) is 7.36. The lowest BCUT2D eigenvalue weighted by molar-refractivity contribution is 0.636. The monoisotopic (exact) mass is 409 g/mol. The van der Waals surface area contributed by atoms with Crippen LogP contribution in [0.2, 0.25) is 0 Å². The number of aromatic amines is 1. The molecule has 3 aromatic rings. The average molecular weight is 410 g/mol. The van der Waals surface area contributed by atoms with Crippen LogP contribution < -0.4 is 22.3 Å². The van der Waals surface area contributed by atoms with Crippen LogP contribution in [0.25, 0.3) is 22.3 Å². The van der Waals surface area contributed by atoms with Crippen LogP contribution in [0.5, 0.6) is 0 Å². The van der Waals surface area contributed by atoms with E-state index in [-0.39, 0.29) is 5.56 Å². The van der Waals surface area contributed by atoms with Crippen molar-refractivity contribution in [2.75, 3.05) is 13.7 Å². The Hall–Kier alpha value is -3.32. The van der Waals surface area contributed by atoms with Crippen molar-refractivity contribution in [2.24, 2.45) is 11.5 Å². The number of pyridine rings is 1. The van der Waals surface area contributed by atoms with Gasteiger partial charge in [0, 0.05) is 52.4 Å². The summed E-state index contributed by atoms with van der Waals surface area (Å²) >= 11 is 0. The molecule has 30 heavy (non-hydrogen) atoms. The van der Waals surface area contributed by atoms with Crippen molar-refractivity contribution >= 4 is 16.6 Å². The van der Waals surface area contributed by atoms with E-state index in [2.05, 4.69) is 16.4 Å². The molecular formula is C23H28FN5O. The number of fused-ring (bicyclic) bond motifs is 3. The first-order valence-corrected chi connectivity index (χ1v) is 9.88. The maximum absolute atomic E-state index is 12.7. The minimum Gasteiger partial charge on any atom is -0.402 e. The molecule has 0 spiro atoms. The van der Waals surface area contributed by atoms with Crippen LogP contribution in [0.4, 0.5) is 4.39 Å². The van der Waals surface area contributed by atoms with Crippen molar-refractivity contribution in [3.05, 3.63) is 81.6 Å². The van der Waals surface area contributed by atoms with Crippen molar-refractivity contribution in [1.29, 1.82) is 0 Å². The Morgan fingerprint density at radius 1 is 1.17 bits per heavy atom. The zero-order chi connectivity index (χ0) is 21.7. The third-order valence-corrected chi connectivity index (χ3v) is 5.12. The highest BCUT2D eigenvalue weighted by Gasteiger charge is 2.14. The highest BCUT2D eigenvalue weighted by Crippen LogP contribution is 2.26. The summed E-state index contributed by atoms with van der Waals surface area (Å²) in [7, 11) is 0.500. The second kappa shape index (κ2) is 9.45. The van der Waals surface area contributed by atoms with Crippen LogP contribution >= 0.6 is 0 Å². The zero-order valence-electron chi connectivity index (χ0n) is 17.3. The summed E-state index contributed by atoms with van der Waals surface area (Å²) in [4.78, 5) is 16.2. The highest BCUT2D eigenvalue weighted by atomic mass is 19.1. The minimum absolute atomic E-state index is 0.128.